The molecule has 8 heteroatoms. The van der Waals surface area contributed by atoms with E-state index in [2.05, 4.69) is 31.4 Å². The van der Waals surface area contributed by atoms with Crippen LogP contribution in [0.3, 0.4) is 0 Å². The quantitative estimate of drug-likeness (QED) is 0.675. The second-order valence-corrected chi connectivity index (χ2v) is 8.11. The number of carbonyl (C=O) groups is 1. The van der Waals surface area contributed by atoms with Gasteiger partial charge in [0.05, 0.1) is 36.5 Å². The minimum atomic E-state index is -0.918. The third-order valence-electron chi connectivity index (χ3n) is 5.31. The van der Waals surface area contributed by atoms with Gasteiger partial charge in [-0.05, 0) is 51.8 Å². The number of anilines is 1. The van der Waals surface area contributed by atoms with Crippen LogP contribution >= 0.6 is 0 Å². The van der Waals surface area contributed by atoms with Crippen LogP contribution in [0, 0.1) is 13.8 Å². The van der Waals surface area contributed by atoms with E-state index >= 15 is 0 Å². The highest BCUT2D eigenvalue weighted by atomic mass is 16.5. The lowest BCUT2D eigenvalue weighted by Crippen LogP contribution is -2.44. The van der Waals surface area contributed by atoms with E-state index < -0.39 is 5.54 Å². The summed E-state index contributed by atoms with van der Waals surface area (Å²) in [4.78, 5) is 26.2. The van der Waals surface area contributed by atoms with Crippen molar-refractivity contribution in [2.75, 3.05) is 18.5 Å². The molecule has 0 spiro atoms. The molecule has 160 valence electrons. The van der Waals surface area contributed by atoms with Crippen molar-refractivity contribution in [1.29, 1.82) is 0 Å². The van der Waals surface area contributed by atoms with E-state index in [1.165, 1.54) is 4.68 Å². The summed E-state index contributed by atoms with van der Waals surface area (Å²) >= 11 is 0. The summed E-state index contributed by atoms with van der Waals surface area (Å²) in [5.41, 5.74) is 4.41. The average molecular weight is 419 g/mol. The Labute approximate surface area is 181 Å². The molecule has 0 saturated carbocycles. The van der Waals surface area contributed by atoms with Crippen LogP contribution in [0.25, 0.3) is 16.8 Å². The summed E-state index contributed by atoms with van der Waals surface area (Å²) in [6, 6.07) is 3.73. The lowest BCUT2D eigenvalue weighted by Gasteiger charge is -2.25. The molecule has 0 saturated heterocycles. The van der Waals surface area contributed by atoms with Crippen LogP contribution in [0.1, 0.15) is 42.0 Å². The summed E-state index contributed by atoms with van der Waals surface area (Å²) in [5, 5.41) is 7.78. The monoisotopic (exact) mass is 418 g/mol. The van der Waals surface area contributed by atoms with Crippen molar-refractivity contribution in [2.24, 2.45) is 0 Å². The lowest BCUT2D eigenvalue weighted by atomic mass is 10.0. The largest absolute Gasteiger partial charge is 0.376 e. The molecular formula is C23H26N6O2. The standard InChI is InChI=1S/C23H26N6O2/c1-15-21(18-6-5-11-31-14-18)16(2)29(28-15)22(30)23(3,4)27-20-8-7-17(12-26-20)19-13-24-9-10-25-19/h6-10,12-13H,5,11,14H2,1-4H3,(H,26,27). The van der Waals surface area contributed by atoms with Crippen LogP contribution in [0.5, 0.6) is 0 Å². The minimum Gasteiger partial charge on any atom is -0.376 e. The first-order valence-corrected chi connectivity index (χ1v) is 10.3. The number of aryl methyl sites for hydroxylation is 1. The number of hydrogen-bond acceptors (Lipinski definition) is 7. The summed E-state index contributed by atoms with van der Waals surface area (Å²) in [6.45, 7) is 8.78. The number of hydrogen-bond donors (Lipinski definition) is 1. The fourth-order valence-corrected chi connectivity index (χ4v) is 3.74. The highest BCUT2D eigenvalue weighted by Crippen LogP contribution is 2.27. The maximum absolute atomic E-state index is 13.4. The van der Waals surface area contributed by atoms with Crippen molar-refractivity contribution >= 4 is 17.3 Å². The minimum absolute atomic E-state index is 0.156. The molecule has 3 aromatic rings. The van der Waals surface area contributed by atoms with Crippen molar-refractivity contribution in [3.8, 4) is 11.3 Å². The van der Waals surface area contributed by atoms with Crippen molar-refractivity contribution in [1.82, 2.24) is 24.7 Å². The van der Waals surface area contributed by atoms with E-state index in [1.54, 1.807) is 24.8 Å². The first-order valence-electron chi connectivity index (χ1n) is 10.3. The third kappa shape index (κ3) is 4.25. The van der Waals surface area contributed by atoms with Gasteiger partial charge in [-0.2, -0.15) is 5.10 Å². The first-order chi connectivity index (χ1) is 14.9. The molecule has 1 N–H and O–H groups in total. The molecule has 0 aliphatic carbocycles. The van der Waals surface area contributed by atoms with Crippen LogP contribution in [0.2, 0.25) is 0 Å². The molecular weight excluding hydrogens is 392 g/mol. The molecule has 0 unspecified atom stereocenters. The highest BCUT2D eigenvalue weighted by molar-refractivity contribution is 5.91. The Morgan fingerprint density at radius 1 is 1.16 bits per heavy atom. The number of rotatable bonds is 5. The zero-order chi connectivity index (χ0) is 22.0. The molecule has 4 heterocycles. The zero-order valence-electron chi connectivity index (χ0n) is 18.2. The smallest absolute Gasteiger partial charge is 0.272 e. The van der Waals surface area contributed by atoms with Crippen LogP contribution < -0.4 is 5.32 Å². The summed E-state index contributed by atoms with van der Waals surface area (Å²) in [7, 11) is 0. The van der Waals surface area contributed by atoms with Crippen molar-refractivity contribution < 1.29 is 9.53 Å². The predicted molar refractivity (Wildman–Crippen MR) is 119 cm³/mol. The Balaban J connectivity index is 1.55. The highest BCUT2D eigenvalue weighted by Gasteiger charge is 2.32. The maximum atomic E-state index is 13.4. The average Bonchev–Trinajstić information content (AvgIpc) is 3.08. The molecule has 8 nitrogen and oxygen atoms in total. The van der Waals surface area contributed by atoms with Crippen LogP contribution in [-0.4, -0.2) is 49.4 Å². The second kappa shape index (κ2) is 8.39. The summed E-state index contributed by atoms with van der Waals surface area (Å²) < 4.78 is 7.07. The molecule has 0 amide bonds. The van der Waals surface area contributed by atoms with Crippen LogP contribution in [-0.2, 0) is 4.74 Å². The molecule has 0 bridgehead atoms. The molecule has 0 fully saturated rings. The van der Waals surface area contributed by atoms with Gasteiger partial charge in [0.15, 0.2) is 0 Å². The first kappa shape index (κ1) is 20.9. The number of pyridine rings is 1. The predicted octanol–water partition coefficient (Wildman–Crippen LogP) is 3.69. The molecule has 4 rings (SSSR count). The second-order valence-electron chi connectivity index (χ2n) is 8.11. The topological polar surface area (TPSA) is 94.8 Å². The van der Waals surface area contributed by atoms with Gasteiger partial charge >= 0.3 is 0 Å². The van der Waals surface area contributed by atoms with Gasteiger partial charge in [-0.1, -0.05) is 6.08 Å². The van der Waals surface area contributed by atoms with Gasteiger partial charge in [0, 0.05) is 29.7 Å². The van der Waals surface area contributed by atoms with Gasteiger partial charge in [-0.15, -0.1) is 0 Å². The van der Waals surface area contributed by atoms with Gasteiger partial charge in [-0.3, -0.25) is 14.8 Å². The number of ether oxygens (including phenoxy) is 1. The molecule has 0 aromatic carbocycles. The molecule has 1 aliphatic rings. The fourth-order valence-electron chi connectivity index (χ4n) is 3.74. The third-order valence-corrected chi connectivity index (χ3v) is 5.31. The van der Waals surface area contributed by atoms with E-state index in [4.69, 9.17) is 4.74 Å². The zero-order valence-corrected chi connectivity index (χ0v) is 18.2. The number of carbonyl (C=O) groups excluding carboxylic acids is 1. The Bertz CT molecular complexity index is 1120. The van der Waals surface area contributed by atoms with Crippen LogP contribution in [0.15, 0.2) is 43.0 Å². The summed E-state index contributed by atoms with van der Waals surface area (Å²) in [5.74, 6) is 0.438. The van der Waals surface area contributed by atoms with Gasteiger partial charge < -0.3 is 10.1 Å². The molecule has 3 aromatic heterocycles. The molecule has 0 atom stereocenters. The van der Waals surface area contributed by atoms with Gasteiger partial charge in [-0.25, -0.2) is 9.67 Å². The number of aromatic nitrogens is 5. The van der Waals surface area contributed by atoms with Crippen molar-refractivity contribution in [2.45, 2.75) is 39.7 Å². The maximum Gasteiger partial charge on any atom is 0.272 e. The van der Waals surface area contributed by atoms with Gasteiger partial charge in [0.1, 0.15) is 11.4 Å². The molecule has 31 heavy (non-hydrogen) atoms. The van der Waals surface area contributed by atoms with E-state index in [0.29, 0.717) is 12.4 Å². The Morgan fingerprint density at radius 3 is 2.65 bits per heavy atom. The lowest BCUT2D eigenvalue weighted by molar-refractivity contribution is 0.0821. The van der Waals surface area contributed by atoms with Crippen LogP contribution in [0.4, 0.5) is 5.82 Å². The number of nitrogens with zero attached hydrogens (tertiary/aromatic N) is 5. The molecule has 0 radical (unpaired) electrons. The summed E-state index contributed by atoms with van der Waals surface area (Å²) in [6.07, 6.45) is 9.71. The normalized spacial score (nSPS) is 14.3. The van der Waals surface area contributed by atoms with E-state index in [9.17, 15) is 4.79 Å². The van der Waals surface area contributed by atoms with Crippen molar-refractivity contribution in [3.63, 3.8) is 0 Å². The van der Waals surface area contributed by atoms with E-state index in [1.807, 2.05) is 39.8 Å². The van der Waals surface area contributed by atoms with E-state index in [0.717, 1.165) is 46.8 Å². The van der Waals surface area contributed by atoms with Gasteiger partial charge in [0.2, 0.25) is 0 Å². The number of nitrogens with one attached hydrogen (secondary N) is 1. The Morgan fingerprint density at radius 2 is 2.00 bits per heavy atom. The SMILES string of the molecule is Cc1nn(C(=O)C(C)(C)Nc2ccc(-c3cnccn3)cn2)c(C)c1C1=CCCOC1. The van der Waals surface area contributed by atoms with E-state index in [-0.39, 0.29) is 5.91 Å². The fraction of sp³-hybridized carbons (Fsp3) is 0.348. The van der Waals surface area contributed by atoms with Crippen molar-refractivity contribution in [3.05, 3.63) is 59.9 Å². The molecule has 1 aliphatic heterocycles. The van der Waals surface area contributed by atoms with Gasteiger partial charge in [0.25, 0.3) is 5.91 Å². The Hall–Kier alpha value is -3.39. The Kier molecular flexibility index (Phi) is 5.65.